The number of halogens is 3. The Labute approximate surface area is 113 Å². The number of alkyl halides is 3. The van der Waals surface area contributed by atoms with E-state index in [1.165, 1.54) is 13.0 Å². The number of benzene rings is 1. The first-order chi connectivity index (χ1) is 9.20. The first-order valence-electron chi connectivity index (χ1n) is 5.95. The second-order valence-corrected chi connectivity index (χ2v) is 4.92. The molecule has 0 aromatic heterocycles. The van der Waals surface area contributed by atoms with Crippen molar-refractivity contribution in [3.05, 3.63) is 23.8 Å². The van der Waals surface area contributed by atoms with E-state index in [1.807, 2.05) is 6.92 Å². The van der Waals surface area contributed by atoms with Crippen molar-refractivity contribution in [2.75, 3.05) is 18.5 Å². The number of epoxide rings is 1. The summed E-state index contributed by atoms with van der Waals surface area (Å²) < 4.78 is 48.5. The first-order valence-corrected chi connectivity index (χ1v) is 5.95. The number of ether oxygens (including phenoxy) is 2. The van der Waals surface area contributed by atoms with E-state index in [9.17, 15) is 18.0 Å². The van der Waals surface area contributed by atoms with Crippen LogP contribution < -0.4 is 10.1 Å². The molecule has 4 nitrogen and oxygen atoms in total. The minimum absolute atomic E-state index is 0.00317. The highest BCUT2D eigenvalue weighted by Gasteiger charge is 2.40. The third-order valence-corrected chi connectivity index (χ3v) is 2.79. The molecule has 1 fully saturated rings. The Balaban J connectivity index is 2.22. The average Bonchev–Trinajstić information content (AvgIpc) is 3.04. The molecule has 1 heterocycles. The van der Waals surface area contributed by atoms with Crippen LogP contribution in [-0.2, 0) is 15.7 Å². The molecule has 1 amide bonds. The predicted octanol–water partition coefficient (Wildman–Crippen LogP) is 2.83. The van der Waals surface area contributed by atoms with Crippen LogP contribution in [0, 0.1) is 0 Å². The van der Waals surface area contributed by atoms with Crippen LogP contribution in [-0.4, -0.2) is 24.7 Å². The Hall–Kier alpha value is -1.76. The van der Waals surface area contributed by atoms with E-state index in [-0.39, 0.29) is 18.0 Å². The number of hydrogen-bond acceptors (Lipinski definition) is 3. The van der Waals surface area contributed by atoms with Crippen LogP contribution in [0.1, 0.15) is 19.4 Å². The zero-order chi connectivity index (χ0) is 15.0. The van der Waals surface area contributed by atoms with E-state index in [0.717, 1.165) is 12.1 Å². The van der Waals surface area contributed by atoms with Gasteiger partial charge in [0.2, 0.25) is 5.91 Å². The maximum Gasteiger partial charge on any atom is 0.416 e. The molecule has 7 heteroatoms. The monoisotopic (exact) mass is 289 g/mol. The molecule has 1 atom stereocenters. The van der Waals surface area contributed by atoms with Crippen LogP contribution in [0.2, 0.25) is 0 Å². The quantitative estimate of drug-likeness (QED) is 0.867. The zero-order valence-corrected chi connectivity index (χ0v) is 11.0. The number of carbonyl (C=O) groups excluding carboxylic acids is 1. The summed E-state index contributed by atoms with van der Waals surface area (Å²) in [6.07, 6.45) is -4.47. The highest BCUT2D eigenvalue weighted by Crippen LogP contribution is 2.36. The van der Waals surface area contributed by atoms with E-state index < -0.39 is 23.2 Å². The molecule has 2 rings (SSSR count). The summed E-state index contributed by atoms with van der Waals surface area (Å²) in [5.41, 5.74) is -1.24. The lowest BCUT2D eigenvalue weighted by Crippen LogP contribution is -2.18. The van der Waals surface area contributed by atoms with Crippen molar-refractivity contribution in [3.8, 4) is 5.75 Å². The molecule has 0 unspecified atom stereocenters. The number of amides is 1. The van der Waals surface area contributed by atoms with E-state index in [4.69, 9.17) is 9.47 Å². The summed E-state index contributed by atoms with van der Waals surface area (Å²) in [6.45, 7) is 3.80. The highest BCUT2D eigenvalue weighted by atomic mass is 19.4. The molecule has 0 radical (unpaired) electrons. The fourth-order valence-corrected chi connectivity index (χ4v) is 1.56. The fourth-order valence-electron chi connectivity index (χ4n) is 1.56. The number of hydrogen-bond donors (Lipinski definition) is 1. The first kappa shape index (κ1) is 14.6. The van der Waals surface area contributed by atoms with Crippen LogP contribution in [0.25, 0.3) is 0 Å². The summed E-state index contributed by atoms with van der Waals surface area (Å²) in [5.74, 6) is -0.284. The van der Waals surface area contributed by atoms with Gasteiger partial charge in [-0.05, 0) is 25.1 Å². The van der Waals surface area contributed by atoms with Gasteiger partial charge < -0.3 is 14.8 Å². The van der Waals surface area contributed by atoms with Crippen molar-refractivity contribution < 1.29 is 27.4 Å². The Kier molecular flexibility index (Phi) is 3.64. The number of rotatable bonds is 4. The molecule has 110 valence electrons. The second-order valence-electron chi connectivity index (χ2n) is 4.92. The summed E-state index contributed by atoms with van der Waals surface area (Å²) >= 11 is 0. The van der Waals surface area contributed by atoms with Gasteiger partial charge in [0.05, 0.1) is 17.9 Å². The molecule has 0 aliphatic carbocycles. The van der Waals surface area contributed by atoms with Crippen LogP contribution in [0.15, 0.2) is 18.2 Å². The van der Waals surface area contributed by atoms with Gasteiger partial charge in [-0.25, -0.2) is 0 Å². The molecule has 0 bridgehead atoms. The molecule has 0 spiro atoms. The average molecular weight is 289 g/mol. The number of anilines is 1. The molecule has 20 heavy (non-hydrogen) atoms. The predicted molar refractivity (Wildman–Crippen MR) is 65.6 cm³/mol. The SMILES string of the molecule is CC(=O)Nc1cc(C(F)(F)F)ccc1OC[C@]1(C)CO1. The normalized spacial score (nSPS) is 21.4. The van der Waals surface area contributed by atoms with Gasteiger partial charge in [0.1, 0.15) is 18.0 Å². The highest BCUT2D eigenvalue weighted by molar-refractivity contribution is 5.90. The Morgan fingerprint density at radius 3 is 2.65 bits per heavy atom. The van der Waals surface area contributed by atoms with Gasteiger partial charge in [0.25, 0.3) is 0 Å². The van der Waals surface area contributed by atoms with Gasteiger partial charge in [-0.2, -0.15) is 13.2 Å². The van der Waals surface area contributed by atoms with Gasteiger partial charge in [0, 0.05) is 6.92 Å². The van der Waals surface area contributed by atoms with Crippen molar-refractivity contribution >= 4 is 11.6 Å². The van der Waals surface area contributed by atoms with Crippen molar-refractivity contribution in [1.82, 2.24) is 0 Å². The van der Waals surface area contributed by atoms with Gasteiger partial charge in [-0.3, -0.25) is 4.79 Å². The minimum atomic E-state index is -4.47. The zero-order valence-electron chi connectivity index (χ0n) is 11.0. The summed E-state index contributed by atoms with van der Waals surface area (Å²) in [6, 6.07) is 2.96. The third-order valence-electron chi connectivity index (χ3n) is 2.79. The molecule has 1 aliphatic heterocycles. The third kappa shape index (κ3) is 3.63. The molecule has 1 aromatic rings. The van der Waals surface area contributed by atoms with Crippen LogP contribution in [0.4, 0.5) is 18.9 Å². The topological polar surface area (TPSA) is 50.9 Å². The van der Waals surface area contributed by atoms with Crippen molar-refractivity contribution in [2.45, 2.75) is 25.6 Å². The lowest BCUT2D eigenvalue weighted by molar-refractivity contribution is -0.137. The molecule has 0 saturated carbocycles. The second kappa shape index (κ2) is 4.97. The van der Waals surface area contributed by atoms with Crippen LogP contribution in [0.5, 0.6) is 5.75 Å². The van der Waals surface area contributed by atoms with Crippen molar-refractivity contribution in [2.24, 2.45) is 0 Å². The van der Waals surface area contributed by atoms with E-state index in [1.54, 1.807) is 0 Å². The van der Waals surface area contributed by atoms with Gasteiger partial charge in [0.15, 0.2) is 0 Å². The lowest BCUT2D eigenvalue weighted by atomic mass is 10.1. The number of carbonyl (C=O) groups is 1. The molecule has 1 aromatic carbocycles. The molecular formula is C13H14F3NO3. The number of nitrogens with one attached hydrogen (secondary N) is 1. The maximum atomic E-state index is 12.6. The van der Waals surface area contributed by atoms with Gasteiger partial charge in [-0.15, -0.1) is 0 Å². The lowest BCUT2D eigenvalue weighted by Gasteiger charge is -2.15. The smallest absolute Gasteiger partial charge is 0.416 e. The van der Waals surface area contributed by atoms with Gasteiger partial charge >= 0.3 is 6.18 Å². The molecule has 1 aliphatic rings. The Bertz CT molecular complexity index is 524. The fraction of sp³-hybridized carbons (Fsp3) is 0.462. The minimum Gasteiger partial charge on any atom is -0.488 e. The maximum absolute atomic E-state index is 12.6. The van der Waals surface area contributed by atoms with Crippen molar-refractivity contribution in [3.63, 3.8) is 0 Å². The van der Waals surface area contributed by atoms with E-state index >= 15 is 0 Å². The molecule has 1 N–H and O–H groups in total. The summed E-state index contributed by atoms with van der Waals surface area (Å²) in [5, 5.41) is 2.34. The Morgan fingerprint density at radius 1 is 1.50 bits per heavy atom. The van der Waals surface area contributed by atoms with E-state index in [0.29, 0.717) is 6.61 Å². The van der Waals surface area contributed by atoms with Crippen LogP contribution in [0.3, 0.4) is 0 Å². The van der Waals surface area contributed by atoms with Crippen molar-refractivity contribution in [1.29, 1.82) is 0 Å². The molecule has 1 saturated heterocycles. The summed E-state index contributed by atoms with van der Waals surface area (Å²) in [4.78, 5) is 11.1. The van der Waals surface area contributed by atoms with Gasteiger partial charge in [-0.1, -0.05) is 0 Å². The molecular weight excluding hydrogens is 275 g/mol. The summed E-state index contributed by atoms with van der Waals surface area (Å²) in [7, 11) is 0. The Morgan fingerprint density at radius 2 is 2.15 bits per heavy atom. The standard InChI is InChI=1S/C13H14F3NO3/c1-8(18)17-10-5-9(13(14,15)16)3-4-11(10)19-6-12(2)7-20-12/h3-5H,6-7H2,1-2H3,(H,17,18)/t12-/m1/s1. The largest absolute Gasteiger partial charge is 0.488 e. The van der Waals surface area contributed by atoms with E-state index in [2.05, 4.69) is 5.32 Å². The van der Waals surface area contributed by atoms with Crippen LogP contribution >= 0.6 is 0 Å².